The van der Waals surface area contributed by atoms with Crippen molar-refractivity contribution in [2.75, 3.05) is 0 Å². The van der Waals surface area contributed by atoms with Crippen molar-refractivity contribution >= 4 is 11.6 Å². The van der Waals surface area contributed by atoms with Gasteiger partial charge in [-0.2, -0.15) is 5.10 Å². The van der Waals surface area contributed by atoms with Crippen LogP contribution in [-0.2, 0) is 13.5 Å². The van der Waals surface area contributed by atoms with Crippen LogP contribution in [-0.4, -0.2) is 15.8 Å². The fourth-order valence-corrected chi connectivity index (χ4v) is 3.94. The van der Waals surface area contributed by atoms with Gasteiger partial charge in [0.2, 0.25) is 0 Å². The van der Waals surface area contributed by atoms with Crippen molar-refractivity contribution in [3.63, 3.8) is 0 Å². The zero-order valence-corrected chi connectivity index (χ0v) is 14.9. The van der Waals surface area contributed by atoms with Gasteiger partial charge in [-0.25, -0.2) is 0 Å². The first kappa shape index (κ1) is 16.8. The lowest BCUT2D eigenvalue weighted by Gasteiger charge is -2.38. The highest BCUT2D eigenvalue weighted by Crippen LogP contribution is 2.40. The molecule has 0 radical (unpaired) electrons. The highest BCUT2D eigenvalue weighted by molar-refractivity contribution is 6.31. The molecule has 1 saturated carbocycles. The molecule has 1 aromatic rings. The van der Waals surface area contributed by atoms with E-state index in [2.05, 4.69) is 25.9 Å². The van der Waals surface area contributed by atoms with Gasteiger partial charge in [-0.1, -0.05) is 32.4 Å². The molecule has 4 heteroatoms. The summed E-state index contributed by atoms with van der Waals surface area (Å²) in [6.07, 6.45) is 5.94. The van der Waals surface area contributed by atoms with Crippen LogP contribution in [0.15, 0.2) is 0 Å². The molecule has 2 rings (SSSR count). The van der Waals surface area contributed by atoms with Gasteiger partial charge in [0.25, 0.3) is 0 Å². The Morgan fingerprint density at radius 2 is 1.86 bits per heavy atom. The summed E-state index contributed by atoms with van der Waals surface area (Å²) in [5.41, 5.74) is 8.89. The minimum Gasteiger partial charge on any atom is -0.327 e. The SMILES string of the molecule is Cc1nn(C)c(CC(N)C2CCC(C(C)(C)C)CC2)c1Cl. The lowest BCUT2D eigenvalue weighted by atomic mass is 9.68. The van der Waals surface area contributed by atoms with Crippen molar-refractivity contribution in [2.24, 2.45) is 30.0 Å². The predicted octanol–water partition coefficient (Wildman–Crippen LogP) is 4.10. The number of rotatable bonds is 3. The Balaban J connectivity index is 1.95. The fourth-order valence-electron chi connectivity index (χ4n) is 3.71. The number of hydrogen-bond acceptors (Lipinski definition) is 2. The molecule has 0 amide bonds. The van der Waals surface area contributed by atoms with E-state index in [9.17, 15) is 0 Å². The van der Waals surface area contributed by atoms with E-state index in [0.717, 1.165) is 28.7 Å². The van der Waals surface area contributed by atoms with E-state index in [1.807, 2.05) is 18.7 Å². The smallest absolute Gasteiger partial charge is 0.0847 e. The van der Waals surface area contributed by atoms with Gasteiger partial charge < -0.3 is 5.73 Å². The average Bonchev–Trinajstić information content (AvgIpc) is 2.64. The van der Waals surface area contributed by atoms with Crippen LogP contribution in [0.5, 0.6) is 0 Å². The fraction of sp³-hybridized carbons (Fsp3) is 0.824. The zero-order chi connectivity index (χ0) is 15.8. The number of nitrogens with two attached hydrogens (primary N) is 1. The van der Waals surface area contributed by atoms with Crippen molar-refractivity contribution in [3.8, 4) is 0 Å². The third-order valence-electron chi connectivity index (χ3n) is 5.29. The molecule has 0 aromatic carbocycles. The highest BCUT2D eigenvalue weighted by Gasteiger charge is 2.32. The molecule has 3 nitrogen and oxygen atoms in total. The van der Waals surface area contributed by atoms with Crippen LogP contribution in [0.1, 0.15) is 57.8 Å². The van der Waals surface area contributed by atoms with Gasteiger partial charge in [-0.15, -0.1) is 0 Å². The first-order valence-electron chi connectivity index (χ1n) is 8.13. The molecule has 0 bridgehead atoms. The van der Waals surface area contributed by atoms with Gasteiger partial charge in [-0.3, -0.25) is 4.68 Å². The van der Waals surface area contributed by atoms with Gasteiger partial charge in [0, 0.05) is 19.5 Å². The summed E-state index contributed by atoms with van der Waals surface area (Å²) in [7, 11) is 1.96. The Kier molecular flexibility index (Phi) is 5.04. The Morgan fingerprint density at radius 3 is 2.29 bits per heavy atom. The molecule has 0 spiro atoms. The summed E-state index contributed by atoms with van der Waals surface area (Å²) in [6.45, 7) is 9.02. The van der Waals surface area contributed by atoms with Crippen LogP contribution in [0.4, 0.5) is 0 Å². The molecule has 1 aromatic heterocycles. The molecule has 1 aliphatic rings. The molecular formula is C17H30ClN3. The van der Waals surface area contributed by atoms with Crippen LogP contribution in [0.25, 0.3) is 0 Å². The van der Waals surface area contributed by atoms with Crippen LogP contribution in [0.3, 0.4) is 0 Å². The van der Waals surface area contributed by atoms with Crippen LogP contribution in [0.2, 0.25) is 5.02 Å². The van der Waals surface area contributed by atoms with E-state index in [1.54, 1.807) is 0 Å². The van der Waals surface area contributed by atoms with Gasteiger partial charge in [0.05, 0.1) is 16.4 Å². The third-order valence-corrected chi connectivity index (χ3v) is 5.78. The third kappa shape index (κ3) is 3.81. The number of aromatic nitrogens is 2. The lowest BCUT2D eigenvalue weighted by Crippen LogP contribution is -2.37. The molecule has 0 saturated heterocycles. The summed E-state index contributed by atoms with van der Waals surface area (Å²) in [6, 6.07) is 0.193. The van der Waals surface area contributed by atoms with E-state index in [0.29, 0.717) is 11.3 Å². The molecule has 1 heterocycles. The maximum absolute atomic E-state index is 6.48. The van der Waals surface area contributed by atoms with Crippen LogP contribution < -0.4 is 5.73 Å². The van der Waals surface area contributed by atoms with Crippen LogP contribution >= 0.6 is 11.6 Å². The van der Waals surface area contributed by atoms with Crippen molar-refractivity contribution in [3.05, 3.63) is 16.4 Å². The highest BCUT2D eigenvalue weighted by atomic mass is 35.5. The minimum absolute atomic E-state index is 0.193. The summed E-state index contributed by atoms with van der Waals surface area (Å²) < 4.78 is 1.89. The predicted molar refractivity (Wildman–Crippen MR) is 89.5 cm³/mol. The van der Waals surface area contributed by atoms with Gasteiger partial charge in [0.15, 0.2) is 0 Å². The maximum Gasteiger partial charge on any atom is 0.0847 e. The van der Waals surface area contributed by atoms with E-state index < -0.39 is 0 Å². The van der Waals surface area contributed by atoms with E-state index in [4.69, 9.17) is 17.3 Å². The molecule has 1 unspecified atom stereocenters. The molecular weight excluding hydrogens is 282 g/mol. The Hall–Kier alpha value is -0.540. The summed E-state index contributed by atoms with van der Waals surface area (Å²) in [5.74, 6) is 1.46. The second kappa shape index (κ2) is 6.29. The Labute approximate surface area is 134 Å². The Bertz CT molecular complexity index is 479. The number of aryl methyl sites for hydroxylation is 2. The molecule has 1 aliphatic carbocycles. The van der Waals surface area contributed by atoms with Gasteiger partial charge in [0.1, 0.15) is 0 Å². The van der Waals surface area contributed by atoms with Crippen molar-refractivity contribution < 1.29 is 0 Å². The van der Waals surface area contributed by atoms with E-state index in [-0.39, 0.29) is 6.04 Å². The topological polar surface area (TPSA) is 43.8 Å². The molecule has 1 fully saturated rings. The zero-order valence-electron chi connectivity index (χ0n) is 14.1. The lowest BCUT2D eigenvalue weighted by molar-refractivity contribution is 0.139. The summed E-state index contributed by atoms with van der Waals surface area (Å²) in [5, 5.41) is 5.17. The Morgan fingerprint density at radius 1 is 1.29 bits per heavy atom. The maximum atomic E-state index is 6.48. The molecule has 1 atom stereocenters. The van der Waals surface area contributed by atoms with Gasteiger partial charge >= 0.3 is 0 Å². The van der Waals surface area contributed by atoms with Gasteiger partial charge in [-0.05, 0) is 49.9 Å². The molecule has 21 heavy (non-hydrogen) atoms. The molecule has 120 valence electrons. The minimum atomic E-state index is 0.193. The van der Waals surface area contributed by atoms with E-state index in [1.165, 1.54) is 25.7 Å². The van der Waals surface area contributed by atoms with Crippen molar-refractivity contribution in [1.82, 2.24) is 9.78 Å². The summed E-state index contributed by atoms with van der Waals surface area (Å²) >= 11 is 6.34. The molecule has 0 aliphatic heterocycles. The van der Waals surface area contributed by atoms with Crippen LogP contribution in [0, 0.1) is 24.2 Å². The second-order valence-corrected chi connectivity index (χ2v) is 8.19. The van der Waals surface area contributed by atoms with Crippen molar-refractivity contribution in [2.45, 2.75) is 65.8 Å². The summed E-state index contributed by atoms with van der Waals surface area (Å²) in [4.78, 5) is 0. The molecule has 2 N–H and O–H groups in total. The number of hydrogen-bond donors (Lipinski definition) is 1. The number of nitrogens with zero attached hydrogens (tertiary/aromatic N) is 2. The van der Waals surface area contributed by atoms with E-state index >= 15 is 0 Å². The largest absolute Gasteiger partial charge is 0.327 e. The normalized spacial score (nSPS) is 25.1. The first-order valence-corrected chi connectivity index (χ1v) is 8.51. The first-order chi connectivity index (χ1) is 9.70. The number of halogens is 1. The van der Waals surface area contributed by atoms with Crippen molar-refractivity contribution in [1.29, 1.82) is 0 Å². The average molecular weight is 312 g/mol. The monoisotopic (exact) mass is 311 g/mol. The quantitative estimate of drug-likeness (QED) is 0.913. The second-order valence-electron chi connectivity index (χ2n) is 7.82. The standard InChI is InChI=1S/C17H30ClN3/c1-11-16(18)15(21(5)20-11)10-14(19)12-6-8-13(9-7-12)17(2,3)4/h12-14H,6-10,19H2,1-5H3.